The van der Waals surface area contributed by atoms with E-state index in [1.165, 1.54) is 17.5 Å². The van der Waals surface area contributed by atoms with Gasteiger partial charge in [-0.2, -0.15) is 0 Å². The molecular formula is C11H19N3O2S. The molecule has 1 rings (SSSR count). The topological polar surface area (TPSA) is 63.2 Å². The minimum atomic E-state index is -3.30. The van der Waals surface area contributed by atoms with Gasteiger partial charge in [-0.05, 0) is 11.8 Å². The first-order chi connectivity index (χ1) is 7.61. The van der Waals surface area contributed by atoms with Gasteiger partial charge in [0.1, 0.15) is 0 Å². The lowest BCUT2D eigenvalue weighted by molar-refractivity contribution is 0.406. The first kappa shape index (κ1) is 13.9. The Hall–Kier alpha value is -1.17. The molecule has 0 atom stereocenters. The Morgan fingerprint density at radius 3 is 2.24 bits per heavy atom. The van der Waals surface area contributed by atoms with Crippen LogP contribution in [-0.4, -0.2) is 31.7 Å². The van der Waals surface area contributed by atoms with Crippen molar-refractivity contribution in [2.75, 3.05) is 17.6 Å². The Kier molecular flexibility index (Phi) is 3.76. The van der Waals surface area contributed by atoms with Gasteiger partial charge in [0.25, 0.3) is 0 Å². The molecule has 17 heavy (non-hydrogen) atoms. The predicted molar refractivity (Wildman–Crippen MR) is 68.4 cm³/mol. The average Bonchev–Trinajstić information content (AvgIpc) is 2.13. The minimum absolute atomic E-state index is 0.0309. The van der Waals surface area contributed by atoms with Gasteiger partial charge < -0.3 is 0 Å². The van der Waals surface area contributed by atoms with Crippen LogP contribution < -0.4 is 4.31 Å². The largest absolute Gasteiger partial charge is 0.256 e. The van der Waals surface area contributed by atoms with E-state index >= 15 is 0 Å². The molecule has 0 saturated carbocycles. The van der Waals surface area contributed by atoms with Crippen LogP contribution in [0.2, 0.25) is 0 Å². The first-order valence-corrected chi connectivity index (χ1v) is 7.20. The van der Waals surface area contributed by atoms with Crippen LogP contribution in [0.3, 0.4) is 0 Å². The van der Waals surface area contributed by atoms with E-state index in [4.69, 9.17) is 0 Å². The summed E-state index contributed by atoms with van der Waals surface area (Å²) in [5.74, 6) is 0.407. The molecule has 0 aromatic carbocycles. The van der Waals surface area contributed by atoms with Crippen molar-refractivity contribution in [2.45, 2.75) is 27.2 Å². The molecule has 0 N–H and O–H groups in total. The van der Waals surface area contributed by atoms with Crippen molar-refractivity contribution >= 4 is 15.8 Å². The number of anilines is 1. The highest BCUT2D eigenvalue weighted by molar-refractivity contribution is 7.92. The maximum Gasteiger partial charge on any atom is 0.233 e. The molecule has 0 amide bonds. The normalized spacial score (nSPS) is 12.5. The van der Waals surface area contributed by atoms with Crippen LogP contribution >= 0.6 is 0 Å². The van der Waals surface area contributed by atoms with Crippen LogP contribution in [-0.2, 0) is 16.4 Å². The van der Waals surface area contributed by atoms with E-state index in [2.05, 4.69) is 30.7 Å². The molecule has 96 valence electrons. The fraction of sp³-hybridized carbons (Fsp3) is 0.636. The van der Waals surface area contributed by atoms with Crippen LogP contribution in [0.25, 0.3) is 0 Å². The molecule has 0 aliphatic heterocycles. The lowest BCUT2D eigenvalue weighted by Gasteiger charge is -2.22. The molecule has 0 fully saturated rings. The van der Waals surface area contributed by atoms with Crippen LogP contribution in [0.1, 0.15) is 26.5 Å². The smallest absolute Gasteiger partial charge is 0.233 e. The zero-order chi connectivity index (χ0) is 13.3. The maximum absolute atomic E-state index is 11.5. The fourth-order valence-electron chi connectivity index (χ4n) is 1.41. The molecule has 0 aliphatic carbocycles. The number of hydrogen-bond donors (Lipinski definition) is 0. The predicted octanol–water partition coefficient (Wildman–Crippen LogP) is 1.46. The van der Waals surface area contributed by atoms with Crippen molar-refractivity contribution in [1.29, 1.82) is 0 Å². The Labute approximate surface area is 103 Å². The van der Waals surface area contributed by atoms with E-state index in [0.717, 1.165) is 6.26 Å². The Morgan fingerprint density at radius 1 is 1.24 bits per heavy atom. The molecule has 5 nitrogen and oxygen atoms in total. The third kappa shape index (κ3) is 3.96. The molecule has 1 aromatic rings. The SMILES string of the molecule is CN(c1nccnc1CC(C)(C)C)S(C)(=O)=O. The minimum Gasteiger partial charge on any atom is -0.256 e. The molecule has 0 spiro atoms. The van der Waals surface area contributed by atoms with E-state index < -0.39 is 10.0 Å². The summed E-state index contributed by atoms with van der Waals surface area (Å²) >= 11 is 0. The molecule has 0 aliphatic rings. The van der Waals surface area contributed by atoms with Crippen LogP contribution in [0.4, 0.5) is 5.82 Å². The van der Waals surface area contributed by atoms with E-state index in [1.54, 1.807) is 6.20 Å². The number of rotatable bonds is 3. The Bertz CT molecular complexity index is 492. The third-order valence-corrected chi connectivity index (χ3v) is 3.41. The Morgan fingerprint density at radius 2 is 1.76 bits per heavy atom. The van der Waals surface area contributed by atoms with E-state index in [9.17, 15) is 8.42 Å². The summed E-state index contributed by atoms with van der Waals surface area (Å²) in [4.78, 5) is 8.34. The van der Waals surface area contributed by atoms with Gasteiger partial charge in [0.2, 0.25) is 10.0 Å². The summed E-state index contributed by atoms with van der Waals surface area (Å²) in [7, 11) is -1.81. The summed E-state index contributed by atoms with van der Waals surface area (Å²) < 4.78 is 24.2. The quantitative estimate of drug-likeness (QED) is 0.822. The van der Waals surface area contributed by atoms with Crippen molar-refractivity contribution in [3.8, 4) is 0 Å². The number of aromatic nitrogens is 2. The Balaban J connectivity index is 3.17. The summed E-state index contributed by atoms with van der Waals surface area (Å²) in [6.45, 7) is 6.23. The monoisotopic (exact) mass is 257 g/mol. The summed E-state index contributed by atoms with van der Waals surface area (Å²) in [5.41, 5.74) is 0.733. The van der Waals surface area contributed by atoms with E-state index in [1.807, 2.05) is 0 Å². The van der Waals surface area contributed by atoms with Gasteiger partial charge in [-0.1, -0.05) is 20.8 Å². The van der Waals surface area contributed by atoms with Gasteiger partial charge in [0.15, 0.2) is 5.82 Å². The van der Waals surface area contributed by atoms with Gasteiger partial charge in [0.05, 0.1) is 11.9 Å². The zero-order valence-electron chi connectivity index (χ0n) is 10.9. The van der Waals surface area contributed by atoms with Gasteiger partial charge in [0, 0.05) is 19.4 Å². The van der Waals surface area contributed by atoms with Crippen molar-refractivity contribution in [3.05, 3.63) is 18.1 Å². The van der Waals surface area contributed by atoms with Gasteiger partial charge in [-0.15, -0.1) is 0 Å². The number of sulfonamides is 1. The lowest BCUT2D eigenvalue weighted by atomic mass is 9.90. The van der Waals surface area contributed by atoms with Crippen molar-refractivity contribution in [1.82, 2.24) is 9.97 Å². The molecule has 0 unspecified atom stereocenters. The highest BCUT2D eigenvalue weighted by Crippen LogP contribution is 2.25. The average molecular weight is 257 g/mol. The van der Waals surface area contributed by atoms with Gasteiger partial charge in [-0.25, -0.2) is 13.4 Å². The third-order valence-electron chi connectivity index (χ3n) is 2.25. The first-order valence-electron chi connectivity index (χ1n) is 5.35. The highest BCUT2D eigenvalue weighted by Gasteiger charge is 2.21. The molecule has 0 saturated heterocycles. The van der Waals surface area contributed by atoms with Crippen molar-refractivity contribution in [3.63, 3.8) is 0 Å². The van der Waals surface area contributed by atoms with Crippen LogP contribution in [0.5, 0.6) is 0 Å². The fourth-order valence-corrected chi connectivity index (χ4v) is 1.87. The second-order valence-corrected chi connectivity index (χ2v) is 7.31. The van der Waals surface area contributed by atoms with Gasteiger partial charge >= 0.3 is 0 Å². The second kappa shape index (κ2) is 4.60. The van der Waals surface area contributed by atoms with E-state index in [0.29, 0.717) is 17.9 Å². The van der Waals surface area contributed by atoms with Crippen molar-refractivity contribution in [2.24, 2.45) is 5.41 Å². The standard InChI is InChI=1S/C11H19N3O2S/c1-11(2,3)8-9-10(13-7-6-12-9)14(4)17(5,15)16/h6-7H,8H2,1-5H3. The lowest BCUT2D eigenvalue weighted by Crippen LogP contribution is -2.28. The number of nitrogens with zero attached hydrogens (tertiary/aromatic N) is 3. The van der Waals surface area contributed by atoms with Crippen molar-refractivity contribution < 1.29 is 8.42 Å². The summed E-state index contributed by atoms with van der Waals surface area (Å²) in [6, 6.07) is 0. The summed E-state index contributed by atoms with van der Waals surface area (Å²) in [5, 5.41) is 0. The van der Waals surface area contributed by atoms with Gasteiger partial charge in [-0.3, -0.25) is 9.29 Å². The second-order valence-electron chi connectivity index (χ2n) is 5.29. The zero-order valence-corrected chi connectivity index (χ0v) is 11.7. The molecule has 1 aromatic heterocycles. The molecule has 0 radical (unpaired) electrons. The van der Waals surface area contributed by atoms with Crippen LogP contribution in [0, 0.1) is 5.41 Å². The summed E-state index contributed by atoms with van der Waals surface area (Å²) in [6.07, 6.45) is 4.92. The molecular weight excluding hydrogens is 238 g/mol. The molecule has 0 bridgehead atoms. The highest BCUT2D eigenvalue weighted by atomic mass is 32.2. The van der Waals surface area contributed by atoms with Crippen LogP contribution in [0.15, 0.2) is 12.4 Å². The van der Waals surface area contributed by atoms with E-state index in [-0.39, 0.29) is 5.41 Å². The molecule has 1 heterocycles. The number of hydrogen-bond acceptors (Lipinski definition) is 4. The molecule has 6 heteroatoms. The maximum atomic E-state index is 11.5.